The molecule has 0 saturated carbocycles. The van der Waals surface area contributed by atoms with Gasteiger partial charge < -0.3 is 10.1 Å². The Kier molecular flexibility index (Phi) is 9.68. The van der Waals surface area contributed by atoms with Crippen LogP contribution in [0.1, 0.15) is 30.5 Å². The minimum absolute atomic E-state index is 0.163. The molecule has 0 spiro atoms. The third-order valence-electron chi connectivity index (χ3n) is 7.04. The molecule has 2 aliphatic heterocycles. The summed E-state index contributed by atoms with van der Waals surface area (Å²) >= 11 is 6.50. The number of carbonyl (C=O) groups excluding carboxylic acids is 2. The second-order valence-corrected chi connectivity index (χ2v) is 12.1. The Morgan fingerprint density at radius 3 is 2.52 bits per heavy atom. The van der Waals surface area contributed by atoms with Gasteiger partial charge in [0.25, 0.3) is 0 Å². The van der Waals surface area contributed by atoms with Gasteiger partial charge in [-0.05, 0) is 50.6 Å². The highest BCUT2D eigenvalue weighted by Gasteiger charge is 2.39. The molecule has 1 saturated heterocycles. The van der Waals surface area contributed by atoms with Gasteiger partial charge in [-0.3, -0.25) is 9.80 Å². The fourth-order valence-corrected chi connectivity index (χ4v) is 6.72. The summed E-state index contributed by atoms with van der Waals surface area (Å²) in [6.07, 6.45) is 2.19. The third-order valence-corrected chi connectivity index (χ3v) is 9.30. The van der Waals surface area contributed by atoms with Gasteiger partial charge in [-0.25, -0.2) is 18.0 Å². The van der Waals surface area contributed by atoms with Crippen LogP contribution in [0.5, 0.6) is 0 Å². The van der Waals surface area contributed by atoms with Crippen molar-refractivity contribution in [2.75, 3.05) is 45.9 Å². The predicted molar refractivity (Wildman–Crippen MR) is 154 cm³/mol. The number of sulfonamides is 1. The van der Waals surface area contributed by atoms with Gasteiger partial charge >= 0.3 is 12.0 Å². The van der Waals surface area contributed by atoms with E-state index in [2.05, 4.69) is 16.8 Å². The molecule has 4 rings (SSSR count). The summed E-state index contributed by atoms with van der Waals surface area (Å²) in [6.45, 7) is 9.67. The Morgan fingerprint density at radius 2 is 1.85 bits per heavy atom. The molecule has 0 aromatic heterocycles. The summed E-state index contributed by atoms with van der Waals surface area (Å²) < 4.78 is 33.6. The monoisotopic (exact) mass is 586 g/mol. The largest absolute Gasteiger partial charge is 0.463 e. The topological polar surface area (TPSA) is 99.3 Å². The van der Waals surface area contributed by atoms with Crippen LogP contribution in [-0.2, 0) is 19.6 Å². The van der Waals surface area contributed by atoms with Crippen molar-refractivity contribution >= 4 is 33.6 Å². The Morgan fingerprint density at radius 1 is 1.12 bits per heavy atom. The summed E-state index contributed by atoms with van der Waals surface area (Å²) in [4.78, 5) is 30.5. The van der Waals surface area contributed by atoms with Crippen molar-refractivity contribution in [2.24, 2.45) is 0 Å². The number of nitrogens with zero attached hydrogens (tertiary/aromatic N) is 3. The van der Waals surface area contributed by atoms with Crippen LogP contribution in [0, 0.1) is 6.92 Å². The van der Waals surface area contributed by atoms with Gasteiger partial charge in [0.15, 0.2) is 0 Å². The van der Waals surface area contributed by atoms with Gasteiger partial charge in [-0.1, -0.05) is 53.6 Å². The highest BCUT2D eigenvalue weighted by molar-refractivity contribution is 7.89. The molecule has 1 fully saturated rings. The molecule has 2 heterocycles. The molecule has 2 aromatic rings. The van der Waals surface area contributed by atoms with Crippen molar-refractivity contribution in [1.82, 2.24) is 19.4 Å². The average molecular weight is 587 g/mol. The number of esters is 1. The van der Waals surface area contributed by atoms with Crippen molar-refractivity contribution in [2.45, 2.75) is 31.2 Å². The smallest absolute Gasteiger partial charge is 0.338 e. The first kappa shape index (κ1) is 29.8. The standard InChI is InChI=1S/C29H35ClN4O5S/c1-4-15-34-25(26(28(35)39-5-2)27(31-29(34)36)23-9-6-7-10-24(23)30)20-32-16-8-17-33(19-18-32)40(37,38)22-13-11-21(3)12-14-22/h4,6-7,9-14,27H,1,5,8,15-20H2,2-3H3,(H,31,36). The fraction of sp³-hybridized carbons (Fsp3) is 0.379. The Balaban J connectivity index is 1.67. The average Bonchev–Trinajstić information content (AvgIpc) is 3.17. The van der Waals surface area contributed by atoms with Crippen LogP contribution in [0.3, 0.4) is 0 Å². The Hall–Kier alpha value is -3.18. The quantitative estimate of drug-likeness (QED) is 0.351. The Bertz CT molecular complexity index is 1390. The zero-order valence-corrected chi connectivity index (χ0v) is 24.4. The molecule has 0 aliphatic carbocycles. The van der Waals surface area contributed by atoms with E-state index in [0.29, 0.717) is 47.9 Å². The molecule has 0 bridgehead atoms. The first-order valence-electron chi connectivity index (χ1n) is 13.3. The van der Waals surface area contributed by atoms with Crippen LogP contribution >= 0.6 is 11.6 Å². The van der Waals surface area contributed by atoms with Crippen LogP contribution in [0.25, 0.3) is 0 Å². The first-order valence-corrected chi connectivity index (χ1v) is 15.1. The van der Waals surface area contributed by atoms with E-state index in [1.165, 1.54) is 9.21 Å². The number of carbonyl (C=O) groups is 2. The van der Waals surface area contributed by atoms with E-state index in [-0.39, 0.29) is 37.2 Å². The molecule has 2 aliphatic rings. The summed E-state index contributed by atoms with van der Waals surface area (Å²) in [6, 6.07) is 12.7. The van der Waals surface area contributed by atoms with Gasteiger partial charge in [-0.15, -0.1) is 6.58 Å². The van der Waals surface area contributed by atoms with E-state index in [4.69, 9.17) is 16.3 Å². The molecule has 1 atom stereocenters. The molecule has 214 valence electrons. The molecule has 0 radical (unpaired) electrons. The molecule has 2 aromatic carbocycles. The fourth-order valence-electron chi connectivity index (χ4n) is 5.00. The van der Waals surface area contributed by atoms with Gasteiger partial charge in [0, 0.05) is 43.4 Å². The number of benzene rings is 2. The first-order chi connectivity index (χ1) is 19.2. The molecule has 9 nitrogen and oxygen atoms in total. The van der Waals surface area contributed by atoms with Gasteiger partial charge in [0.2, 0.25) is 10.0 Å². The normalized spacial score (nSPS) is 19.2. The number of hydrogen-bond donors (Lipinski definition) is 1. The maximum atomic E-state index is 13.4. The van der Waals surface area contributed by atoms with Crippen molar-refractivity contribution < 1.29 is 22.7 Å². The number of halogens is 1. The second-order valence-electron chi connectivity index (χ2n) is 9.73. The summed E-state index contributed by atoms with van der Waals surface area (Å²) in [5.74, 6) is -0.546. The molecule has 2 amide bonds. The van der Waals surface area contributed by atoms with E-state index in [1.807, 2.05) is 6.92 Å². The van der Waals surface area contributed by atoms with E-state index >= 15 is 0 Å². The van der Waals surface area contributed by atoms with Crippen LogP contribution < -0.4 is 5.32 Å². The highest BCUT2D eigenvalue weighted by Crippen LogP contribution is 2.35. The highest BCUT2D eigenvalue weighted by atomic mass is 35.5. The minimum Gasteiger partial charge on any atom is -0.463 e. The number of amides is 2. The van der Waals surface area contributed by atoms with Crippen molar-refractivity contribution in [3.05, 3.63) is 88.6 Å². The molecule has 1 N–H and O–H groups in total. The van der Waals surface area contributed by atoms with Crippen molar-refractivity contribution in [3.8, 4) is 0 Å². The lowest BCUT2D eigenvalue weighted by molar-refractivity contribution is -0.139. The van der Waals surface area contributed by atoms with Crippen LogP contribution in [0.2, 0.25) is 5.02 Å². The van der Waals surface area contributed by atoms with Gasteiger partial charge in [0.05, 0.1) is 23.1 Å². The number of hydrogen-bond acceptors (Lipinski definition) is 6. The van der Waals surface area contributed by atoms with Crippen LogP contribution in [-0.4, -0.2) is 80.4 Å². The lowest BCUT2D eigenvalue weighted by atomic mass is 9.94. The summed E-state index contributed by atoms with van der Waals surface area (Å²) in [5.41, 5.74) is 2.36. The molecule has 11 heteroatoms. The van der Waals surface area contributed by atoms with Crippen molar-refractivity contribution in [3.63, 3.8) is 0 Å². The predicted octanol–water partition coefficient (Wildman–Crippen LogP) is 4.11. The Labute approximate surface area is 241 Å². The summed E-state index contributed by atoms with van der Waals surface area (Å²) in [5, 5.41) is 3.33. The van der Waals surface area contributed by atoms with E-state index < -0.39 is 22.0 Å². The van der Waals surface area contributed by atoms with Crippen molar-refractivity contribution in [1.29, 1.82) is 0 Å². The number of aryl methyl sites for hydroxylation is 1. The third kappa shape index (κ3) is 6.41. The molecule has 1 unspecified atom stereocenters. The minimum atomic E-state index is -3.65. The molecular formula is C29H35ClN4O5S. The van der Waals surface area contributed by atoms with Gasteiger partial charge in [0.1, 0.15) is 0 Å². The zero-order chi connectivity index (χ0) is 28.9. The number of nitrogens with one attached hydrogen (secondary N) is 1. The number of urea groups is 1. The molecule has 40 heavy (non-hydrogen) atoms. The summed E-state index contributed by atoms with van der Waals surface area (Å²) in [7, 11) is -3.65. The number of rotatable bonds is 9. The van der Waals surface area contributed by atoms with E-state index in [0.717, 1.165) is 5.56 Å². The van der Waals surface area contributed by atoms with Gasteiger partial charge in [-0.2, -0.15) is 4.31 Å². The molecular weight excluding hydrogens is 552 g/mol. The van der Waals surface area contributed by atoms with Crippen LogP contribution in [0.4, 0.5) is 4.79 Å². The maximum Gasteiger partial charge on any atom is 0.338 e. The number of ether oxygens (including phenoxy) is 1. The SMILES string of the molecule is C=CCN1C(=O)NC(c2ccccc2Cl)C(C(=O)OCC)=C1CN1CCCN(S(=O)(=O)c2ccc(C)cc2)CC1. The maximum absolute atomic E-state index is 13.4. The van der Waals surface area contributed by atoms with Crippen LogP contribution in [0.15, 0.2) is 77.4 Å². The lowest BCUT2D eigenvalue weighted by Gasteiger charge is -2.38. The van der Waals surface area contributed by atoms with E-state index in [1.54, 1.807) is 61.5 Å². The lowest BCUT2D eigenvalue weighted by Crippen LogP contribution is -2.51. The van der Waals surface area contributed by atoms with E-state index in [9.17, 15) is 18.0 Å². The second kappa shape index (κ2) is 13.0. The zero-order valence-electron chi connectivity index (χ0n) is 22.8.